The predicted molar refractivity (Wildman–Crippen MR) is 113 cm³/mol. The van der Waals surface area contributed by atoms with Gasteiger partial charge in [-0.25, -0.2) is 9.79 Å². The van der Waals surface area contributed by atoms with E-state index in [9.17, 15) is 4.79 Å². The number of benzene rings is 2. The van der Waals surface area contributed by atoms with E-state index in [-0.39, 0.29) is 11.6 Å². The molecule has 6 nitrogen and oxygen atoms in total. The zero-order chi connectivity index (χ0) is 21.1. The van der Waals surface area contributed by atoms with Crippen molar-refractivity contribution in [1.82, 2.24) is 0 Å². The first kappa shape index (κ1) is 19.8. The van der Waals surface area contributed by atoms with Gasteiger partial charge in [0.1, 0.15) is 6.61 Å². The van der Waals surface area contributed by atoms with Crippen molar-refractivity contribution in [1.29, 1.82) is 0 Å². The van der Waals surface area contributed by atoms with Crippen LogP contribution in [0.1, 0.15) is 22.5 Å². The second kappa shape index (κ2) is 8.47. The molecular formula is C23H18ClNO5. The van der Waals surface area contributed by atoms with Crippen LogP contribution < -0.4 is 9.47 Å². The number of aliphatic imine (C=N–C) groups is 1. The zero-order valence-electron chi connectivity index (χ0n) is 16.3. The van der Waals surface area contributed by atoms with Gasteiger partial charge in [0, 0.05) is 0 Å². The number of carbonyl (C=O) groups excluding carboxylic acids is 1. The molecule has 4 rings (SSSR count). The summed E-state index contributed by atoms with van der Waals surface area (Å²) in [7, 11) is 1.53. The maximum atomic E-state index is 12.1. The average Bonchev–Trinajstić information content (AvgIpc) is 3.37. The molecule has 3 aromatic rings. The number of cyclic esters (lactones) is 1. The molecule has 0 saturated heterocycles. The van der Waals surface area contributed by atoms with E-state index < -0.39 is 5.97 Å². The van der Waals surface area contributed by atoms with Crippen LogP contribution in [0.3, 0.4) is 0 Å². The molecule has 0 amide bonds. The van der Waals surface area contributed by atoms with Crippen molar-refractivity contribution in [3.05, 3.63) is 88.0 Å². The fourth-order valence-electron chi connectivity index (χ4n) is 2.99. The van der Waals surface area contributed by atoms with Gasteiger partial charge < -0.3 is 18.6 Å². The summed E-state index contributed by atoms with van der Waals surface area (Å²) in [5.74, 6) is 0.797. The molecule has 1 aliphatic rings. The summed E-state index contributed by atoms with van der Waals surface area (Å²) in [6, 6.07) is 14.8. The number of ether oxygens (including phenoxy) is 3. The first-order valence-corrected chi connectivity index (χ1v) is 9.53. The summed E-state index contributed by atoms with van der Waals surface area (Å²) in [4.78, 5) is 16.3. The number of aryl methyl sites for hydroxylation is 1. The second-order valence-corrected chi connectivity index (χ2v) is 7.03. The lowest BCUT2D eigenvalue weighted by Gasteiger charge is -2.13. The molecule has 1 aromatic heterocycles. The van der Waals surface area contributed by atoms with E-state index in [0.717, 1.165) is 11.1 Å². The van der Waals surface area contributed by atoms with Crippen molar-refractivity contribution >= 4 is 29.5 Å². The molecule has 0 aliphatic carbocycles. The Labute approximate surface area is 178 Å². The lowest BCUT2D eigenvalue weighted by Crippen LogP contribution is -2.04. The number of nitrogens with zero attached hydrogens (tertiary/aromatic N) is 1. The number of hydrogen-bond donors (Lipinski definition) is 0. The van der Waals surface area contributed by atoms with Gasteiger partial charge in [-0.15, -0.1) is 0 Å². The summed E-state index contributed by atoms with van der Waals surface area (Å²) in [6.45, 7) is 2.37. The topological polar surface area (TPSA) is 70.3 Å². The second-order valence-electron chi connectivity index (χ2n) is 6.63. The van der Waals surface area contributed by atoms with Crippen LogP contribution in [0.5, 0.6) is 11.5 Å². The third-order valence-corrected chi connectivity index (χ3v) is 4.65. The van der Waals surface area contributed by atoms with Crippen molar-refractivity contribution in [3.63, 3.8) is 0 Å². The lowest BCUT2D eigenvalue weighted by atomic mass is 10.1. The average molecular weight is 424 g/mol. The van der Waals surface area contributed by atoms with E-state index in [1.165, 1.54) is 13.4 Å². The minimum atomic E-state index is -0.573. The Bertz CT molecular complexity index is 1150. The number of halogens is 1. The Kier molecular flexibility index (Phi) is 5.59. The highest BCUT2D eigenvalue weighted by Crippen LogP contribution is 2.38. The molecule has 1 aliphatic heterocycles. The van der Waals surface area contributed by atoms with Crippen LogP contribution in [0.2, 0.25) is 5.02 Å². The minimum Gasteiger partial charge on any atom is -0.493 e. The van der Waals surface area contributed by atoms with Gasteiger partial charge in [0.05, 0.1) is 18.4 Å². The maximum absolute atomic E-state index is 12.1. The molecule has 0 saturated carbocycles. The molecule has 2 aromatic carbocycles. The Balaban J connectivity index is 1.59. The van der Waals surface area contributed by atoms with Crippen molar-refractivity contribution in [2.75, 3.05) is 7.11 Å². The standard InChI is InChI=1S/C23H18ClNO5/c1-14-5-3-6-15(9-14)13-29-21-17(24)10-16(12-20(21)27-2)11-18-23(26)30-22(25-18)19-7-4-8-28-19/h3-12H,13H2,1-2H3/b18-11-. The molecule has 152 valence electrons. The van der Waals surface area contributed by atoms with Crippen LogP contribution in [-0.2, 0) is 16.1 Å². The van der Waals surface area contributed by atoms with Crippen molar-refractivity contribution < 1.29 is 23.4 Å². The van der Waals surface area contributed by atoms with Crippen LogP contribution in [0, 0.1) is 6.92 Å². The number of furan rings is 1. The third-order valence-electron chi connectivity index (χ3n) is 4.37. The summed E-state index contributed by atoms with van der Waals surface area (Å²) in [5.41, 5.74) is 2.92. The van der Waals surface area contributed by atoms with Crippen LogP contribution in [0.15, 0.2) is 69.9 Å². The Hall–Kier alpha value is -3.51. The Morgan fingerprint density at radius 1 is 1.17 bits per heavy atom. The van der Waals surface area contributed by atoms with Crippen LogP contribution in [0.4, 0.5) is 0 Å². The lowest BCUT2D eigenvalue weighted by molar-refractivity contribution is -0.130. The Morgan fingerprint density at radius 3 is 2.77 bits per heavy atom. The van der Waals surface area contributed by atoms with E-state index in [1.54, 1.807) is 30.3 Å². The molecular weight excluding hydrogens is 406 g/mol. The summed E-state index contributed by atoms with van der Waals surface area (Å²) >= 11 is 6.44. The van der Waals surface area contributed by atoms with Gasteiger partial charge in [0.15, 0.2) is 23.0 Å². The first-order chi connectivity index (χ1) is 14.5. The SMILES string of the molecule is COc1cc(/C=C2\N=C(c3ccco3)OC2=O)cc(Cl)c1OCc1cccc(C)c1. The number of carbonyl (C=O) groups is 1. The number of esters is 1. The van der Waals surface area contributed by atoms with Gasteiger partial charge in [-0.3, -0.25) is 0 Å². The van der Waals surface area contributed by atoms with Gasteiger partial charge in [-0.1, -0.05) is 41.4 Å². The molecule has 0 unspecified atom stereocenters. The summed E-state index contributed by atoms with van der Waals surface area (Å²) in [5, 5.41) is 0.357. The first-order valence-electron chi connectivity index (χ1n) is 9.16. The van der Waals surface area contributed by atoms with Gasteiger partial charge in [0.2, 0.25) is 0 Å². The molecule has 0 atom stereocenters. The third kappa shape index (κ3) is 4.23. The van der Waals surface area contributed by atoms with Gasteiger partial charge >= 0.3 is 5.97 Å². The molecule has 0 fully saturated rings. The van der Waals surface area contributed by atoms with E-state index in [2.05, 4.69) is 4.99 Å². The van der Waals surface area contributed by atoms with Crippen molar-refractivity contribution in [2.24, 2.45) is 4.99 Å². The molecule has 2 heterocycles. The minimum absolute atomic E-state index is 0.118. The van der Waals surface area contributed by atoms with E-state index in [1.807, 2.05) is 31.2 Å². The highest BCUT2D eigenvalue weighted by Gasteiger charge is 2.26. The Morgan fingerprint density at radius 2 is 2.03 bits per heavy atom. The largest absolute Gasteiger partial charge is 0.493 e. The van der Waals surface area contributed by atoms with Crippen LogP contribution in [0.25, 0.3) is 6.08 Å². The van der Waals surface area contributed by atoms with E-state index in [0.29, 0.717) is 34.5 Å². The molecule has 7 heteroatoms. The molecule has 0 radical (unpaired) electrons. The monoisotopic (exact) mass is 423 g/mol. The number of methoxy groups -OCH3 is 1. The normalized spacial score (nSPS) is 14.6. The quantitative estimate of drug-likeness (QED) is 0.404. The maximum Gasteiger partial charge on any atom is 0.363 e. The van der Waals surface area contributed by atoms with Gasteiger partial charge in [-0.2, -0.15) is 0 Å². The van der Waals surface area contributed by atoms with Gasteiger partial charge in [0.25, 0.3) is 5.90 Å². The molecule has 0 spiro atoms. The zero-order valence-corrected chi connectivity index (χ0v) is 17.1. The highest BCUT2D eigenvalue weighted by atomic mass is 35.5. The smallest absolute Gasteiger partial charge is 0.363 e. The predicted octanol–water partition coefficient (Wildman–Crippen LogP) is 5.17. The van der Waals surface area contributed by atoms with Gasteiger partial charge in [-0.05, 0) is 48.4 Å². The van der Waals surface area contributed by atoms with Crippen molar-refractivity contribution in [3.8, 4) is 11.5 Å². The molecule has 30 heavy (non-hydrogen) atoms. The van der Waals surface area contributed by atoms with E-state index in [4.69, 9.17) is 30.2 Å². The van der Waals surface area contributed by atoms with Crippen LogP contribution >= 0.6 is 11.6 Å². The fraction of sp³-hybridized carbons (Fsp3) is 0.130. The number of hydrogen-bond acceptors (Lipinski definition) is 6. The van der Waals surface area contributed by atoms with Crippen LogP contribution in [-0.4, -0.2) is 19.0 Å². The summed E-state index contributed by atoms with van der Waals surface area (Å²) in [6.07, 6.45) is 3.05. The fourth-order valence-corrected chi connectivity index (χ4v) is 3.27. The van der Waals surface area contributed by atoms with E-state index >= 15 is 0 Å². The number of rotatable bonds is 6. The molecule has 0 N–H and O–H groups in total. The van der Waals surface area contributed by atoms with Crippen molar-refractivity contribution in [2.45, 2.75) is 13.5 Å². The molecule has 0 bridgehead atoms. The highest BCUT2D eigenvalue weighted by molar-refractivity contribution is 6.32. The summed E-state index contributed by atoms with van der Waals surface area (Å²) < 4.78 is 21.7.